The fourth-order valence-electron chi connectivity index (χ4n) is 3.91. The number of aromatic nitrogens is 4. The molecule has 1 amide bonds. The molecule has 1 fully saturated rings. The van der Waals surface area contributed by atoms with E-state index in [4.69, 9.17) is 0 Å². The van der Waals surface area contributed by atoms with E-state index >= 15 is 0 Å². The molecule has 0 spiro atoms. The molecule has 4 rings (SSSR count). The van der Waals surface area contributed by atoms with E-state index in [1.54, 1.807) is 4.68 Å². The van der Waals surface area contributed by atoms with Crippen LogP contribution in [0.3, 0.4) is 0 Å². The van der Waals surface area contributed by atoms with E-state index in [1.165, 1.54) is 18.6 Å². The van der Waals surface area contributed by atoms with Gasteiger partial charge in [0.2, 0.25) is 17.9 Å². The predicted molar refractivity (Wildman–Crippen MR) is 97.0 cm³/mol. The van der Waals surface area contributed by atoms with Crippen LogP contribution < -0.4 is 10.0 Å². The van der Waals surface area contributed by atoms with Gasteiger partial charge in [0.15, 0.2) is 6.20 Å². The third kappa shape index (κ3) is 3.29. The maximum absolute atomic E-state index is 12.6. The summed E-state index contributed by atoms with van der Waals surface area (Å²) in [7, 11) is 0. The van der Waals surface area contributed by atoms with Crippen molar-refractivity contribution >= 4 is 5.91 Å². The molecular formula is C19H25N5O3. The molecule has 8 heteroatoms. The summed E-state index contributed by atoms with van der Waals surface area (Å²) >= 11 is 0. The lowest BCUT2D eigenvalue weighted by Crippen LogP contribution is -2.46. The molecule has 1 saturated carbocycles. The standard InChI is InChI=1S/C19H25N5O3/c1-19(2,3)15(10-25)21-17(26)8-14-13-7-11-6-12(11)18(13)24(22-14)16-9-23(27)5-4-20-16/h4-5,9,11-12,15,25H,6-8,10H2,1-3H3,(H,21,26)/t11?,12?,15-/m1/s1. The van der Waals surface area contributed by atoms with Crippen LogP contribution in [0.1, 0.15) is 50.1 Å². The average molecular weight is 371 g/mol. The highest BCUT2D eigenvalue weighted by Gasteiger charge is 2.49. The van der Waals surface area contributed by atoms with Gasteiger partial charge in [-0.25, -0.2) is 9.67 Å². The molecule has 8 nitrogen and oxygen atoms in total. The number of aliphatic hydroxyl groups is 1. The Balaban J connectivity index is 1.60. The summed E-state index contributed by atoms with van der Waals surface area (Å²) in [5.41, 5.74) is 2.72. The lowest BCUT2D eigenvalue weighted by atomic mass is 9.87. The number of aliphatic hydroxyl groups excluding tert-OH is 1. The summed E-state index contributed by atoms with van der Waals surface area (Å²) < 4.78 is 2.44. The van der Waals surface area contributed by atoms with Gasteiger partial charge in [0, 0.05) is 5.92 Å². The second-order valence-electron chi connectivity index (χ2n) is 8.65. The molecule has 0 aromatic carbocycles. The van der Waals surface area contributed by atoms with Gasteiger partial charge in [-0.05, 0) is 29.7 Å². The average Bonchev–Trinajstić information content (AvgIpc) is 3.12. The molecule has 2 N–H and O–H groups in total. The zero-order chi connectivity index (χ0) is 19.3. The van der Waals surface area contributed by atoms with Gasteiger partial charge in [-0.15, -0.1) is 0 Å². The van der Waals surface area contributed by atoms with Crippen molar-refractivity contribution in [3.05, 3.63) is 40.7 Å². The normalized spacial score (nSPS) is 21.5. The van der Waals surface area contributed by atoms with Gasteiger partial charge in [0.1, 0.15) is 0 Å². The van der Waals surface area contributed by atoms with Gasteiger partial charge in [0.05, 0.1) is 36.7 Å². The summed E-state index contributed by atoms with van der Waals surface area (Å²) in [6, 6.07) is -0.316. The Morgan fingerprint density at radius 1 is 1.52 bits per heavy atom. The Labute approximate surface area is 157 Å². The van der Waals surface area contributed by atoms with E-state index in [9.17, 15) is 15.1 Å². The van der Waals surface area contributed by atoms with Crippen molar-refractivity contribution < 1.29 is 14.6 Å². The first kappa shape index (κ1) is 17.9. The molecule has 3 atom stereocenters. The van der Waals surface area contributed by atoms with Crippen LogP contribution in [0.4, 0.5) is 0 Å². The van der Waals surface area contributed by atoms with Crippen LogP contribution in [0.5, 0.6) is 0 Å². The van der Waals surface area contributed by atoms with E-state index in [0.29, 0.717) is 22.4 Å². The van der Waals surface area contributed by atoms with Gasteiger partial charge in [-0.2, -0.15) is 9.83 Å². The van der Waals surface area contributed by atoms with Crippen molar-refractivity contribution in [3.8, 4) is 5.82 Å². The van der Waals surface area contributed by atoms with Crippen molar-refractivity contribution in [1.29, 1.82) is 0 Å². The molecular weight excluding hydrogens is 346 g/mol. The highest BCUT2D eigenvalue weighted by molar-refractivity contribution is 5.79. The highest BCUT2D eigenvalue weighted by Crippen LogP contribution is 2.57. The summed E-state index contributed by atoms with van der Waals surface area (Å²) in [5.74, 6) is 1.39. The number of hydrogen-bond donors (Lipinski definition) is 2. The number of nitrogens with one attached hydrogen (secondary N) is 1. The topological polar surface area (TPSA) is 107 Å². The molecule has 2 aliphatic carbocycles. The lowest BCUT2D eigenvalue weighted by molar-refractivity contribution is -0.605. The van der Waals surface area contributed by atoms with Gasteiger partial charge >= 0.3 is 0 Å². The quantitative estimate of drug-likeness (QED) is 0.592. The van der Waals surface area contributed by atoms with Crippen LogP contribution in [-0.4, -0.2) is 38.4 Å². The summed E-state index contributed by atoms with van der Waals surface area (Å²) in [6.45, 7) is 5.83. The van der Waals surface area contributed by atoms with Gasteiger partial charge in [-0.1, -0.05) is 20.8 Å². The van der Waals surface area contributed by atoms with Crippen molar-refractivity contribution in [2.24, 2.45) is 11.3 Å². The fraction of sp³-hybridized carbons (Fsp3) is 0.579. The molecule has 0 bridgehead atoms. The Bertz CT molecular complexity index is 886. The number of carbonyl (C=O) groups is 1. The molecule has 2 aromatic rings. The number of carbonyl (C=O) groups excluding carboxylic acids is 1. The van der Waals surface area contributed by atoms with Crippen molar-refractivity contribution in [1.82, 2.24) is 20.1 Å². The number of nitrogens with zero attached hydrogens (tertiary/aromatic N) is 4. The monoisotopic (exact) mass is 371 g/mol. The lowest BCUT2D eigenvalue weighted by Gasteiger charge is -2.29. The molecule has 0 radical (unpaired) electrons. The molecule has 2 heterocycles. The summed E-state index contributed by atoms with van der Waals surface area (Å²) in [4.78, 5) is 16.9. The Kier molecular flexibility index (Phi) is 4.18. The Morgan fingerprint density at radius 3 is 2.96 bits per heavy atom. The minimum Gasteiger partial charge on any atom is -0.619 e. The molecule has 0 saturated heterocycles. The van der Waals surface area contributed by atoms with E-state index in [2.05, 4.69) is 15.4 Å². The maximum Gasteiger partial charge on any atom is 0.226 e. The van der Waals surface area contributed by atoms with Crippen LogP contribution in [0.2, 0.25) is 0 Å². The molecule has 2 unspecified atom stereocenters. The second kappa shape index (κ2) is 6.30. The Morgan fingerprint density at radius 2 is 2.30 bits per heavy atom. The van der Waals surface area contributed by atoms with E-state index in [1.807, 2.05) is 20.8 Å². The number of hydrogen-bond acceptors (Lipinski definition) is 5. The predicted octanol–water partition coefficient (Wildman–Crippen LogP) is 0.626. The van der Waals surface area contributed by atoms with E-state index < -0.39 is 0 Å². The van der Waals surface area contributed by atoms with Crippen molar-refractivity contribution in [2.45, 2.75) is 52.0 Å². The molecule has 144 valence electrons. The first-order valence-corrected chi connectivity index (χ1v) is 9.34. The SMILES string of the molecule is CC(C)(C)[C@@H](CO)NC(=O)Cc1nn(-c2c[n+]([O-])ccn2)c2c1CC1CC21. The van der Waals surface area contributed by atoms with Gasteiger partial charge in [0.25, 0.3) is 0 Å². The largest absolute Gasteiger partial charge is 0.619 e. The summed E-state index contributed by atoms with van der Waals surface area (Å²) in [5, 5.41) is 28.8. The van der Waals surface area contributed by atoms with Crippen LogP contribution >= 0.6 is 0 Å². The van der Waals surface area contributed by atoms with Crippen LogP contribution in [-0.2, 0) is 17.6 Å². The fourth-order valence-corrected chi connectivity index (χ4v) is 3.91. The van der Waals surface area contributed by atoms with Crippen LogP contribution in [0, 0.1) is 16.5 Å². The van der Waals surface area contributed by atoms with Crippen molar-refractivity contribution in [2.75, 3.05) is 6.61 Å². The first-order valence-electron chi connectivity index (χ1n) is 9.34. The number of rotatable bonds is 5. The minimum absolute atomic E-state index is 0.108. The van der Waals surface area contributed by atoms with Crippen LogP contribution in [0.15, 0.2) is 18.6 Å². The van der Waals surface area contributed by atoms with Crippen molar-refractivity contribution in [3.63, 3.8) is 0 Å². The van der Waals surface area contributed by atoms with E-state index in [0.717, 1.165) is 29.8 Å². The molecule has 2 aliphatic rings. The summed E-state index contributed by atoms with van der Waals surface area (Å²) in [6.07, 6.45) is 6.40. The molecule has 2 aromatic heterocycles. The maximum atomic E-state index is 12.6. The van der Waals surface area contributed by atoms with Gasteiger partial charge in [-0.3, -0.25) is 4.79 Å². The zero-order valence-corrected chi connectivity index (χ0v) is 15.8. The molecule has 0 aliphatic heterocycles. The number of fused-ring (bicyclic) bond motifs is 3. The van der Waals surface area contributed by atoms with E-state index in [-0.39, 0.29) is 30.4 Å². The minimum atomic E-state index is -0.316. The first-order chi connectivity index (χ1) is 12.8. The number of amides is 1. The highest BCUT2D eigenvalue weighted by atomic mass is 16.5. The Hall–Kier alpha value is -2.48. The second-order valence-corrected chi connectivity index (χ2v) is 8.65. The smallest absolute Gasteiger partial charge is 0.226 e. The molecule has 27 heavy (non-hydrogen) atoms. The van der Waals surface area contributed by atoms with Crippen LogP contribution in [0.25, 0.3) is 5.82 Å². The zero-order valence-electron chi connectivity index (χ0n) is 15.8. The van der Waals surface area contributed by atoms with Gasteiger partial charge < -0.3 is 15.6 Å². The third-order valence-corrected chi connectivity index (χ3v) is 5.62. The third-order valence-electron chi connectivity index (χ3n) is 5.62.